The van der Waals surface area contributed by atoms with Crippen LogP contribution in [0.5, 0.6) is 0 Å². The third kappa shape index (κ3) is 1.94. The molecule has 1 atom stereocenters. The molecule has 1 N–H and O–H groups in total. The molecule has 10 heavy (non-hydrogen) atoms. The number of alkyl halides is 1. The summed E-state index contributed by atoms with van der Waals surface area (Å²) in [5, 5.41) is 3.05. The van der Waals surface area contributed by atoms with Crippen molar-refractivity contribution < 1.29 is 4.39 Å². The Bertz CT molecular complexity index is 97.4. The lowest BCUT2D eigenvalue weighted by atomic mass is 9.98. The molecule has 0 spiro atoms. The van der Waals surface area contributed by atoms with Crippen molar-refractivity contribution in [2.24, 2.45) is 0 Å². The summed E-state index contributed by atoms with van der Waals surface area (Å²) >= 11 is 0. The van der Waals surface area contributed by atoms with Gasteiger partial charge in [0.25, 0.3) is 0 Å². The molecule has 1 heterocycles. The first-order chi connectivity index (χ1) is 4.77. The Labute approximate surface area is 62.0 Å². The van der Waals surface area contributed by atoms with Gasteiger partial charge in [0.05, 0.1) is 0 Å². The van der Waals surface area contributed by atoms with Gasteiger partial charge in [-0.05, 0) is 19.4 Å². The molecule has 0 aromatic rings. The lowest BCUT2D eigenvalue weighted by Crippen LogP contribution is -2.25. The van der Waals surface area contributed by atoms with Crippen molar-refractivity contribution in [1.29, 1.82) is 0 Å². The molecule has 1 aliphatic rings. The Morgan fingerprint density at radius 3 is 2.90 bits per heavy atom. The first-order valence-corrected chi connectivity index (χ1v) is 4.16. The number of hydrogen-bond acceptors (Lipinski definition) is 1. The van der Waals surface area contributed by atoms with E-state index < -0.39 is 5.67 Å². The molecule has 0 aliphatic carbocycles. The topological polar surface area (TPSA) is 12.0 Å². The molecule has 1 rings (SSSR count). The molecule has 0 bridgehead atoms. The van der Waals surface area contributed by atoms with Crippen LogP contribution in [-0.2, 0) is 0 Å². The van der Waals surface area contributed by atoms with Gasteiger partial charge in [0.2, 0.25) is 0 Å². The zero-order valence-electron chi connectivity index (χ0n) is 6.62. The third-order valence-electron chi connectivity index (χ3n) is 2.17. The Balaban J connectivity index is 2.22. The van der Waals surface area contributed by atoms with E-state index >= 15 is 0 Å². The van der Waals surface area contributed by atoms with Gasteiger partial charge in [-0.15, -0.1) is 0 Å². The maximum absolute atomic E-state index is 13.4. The maximum Gasteiger partial charge on any atom is 0.124 e. The van der Waals surface area contributed by atoms with E-state index in [1.54, 1.807) is 0 Å². The van der Waals surface area contributed by atoms with Gasteiger partial charge in [-0.2, -0.15) is 0 Å². The fourth-order valence-electron chi connectivity index (χ4n) is 1.42. The summed E-state index contributed by atoms with van der Waals surface area (Å²) in [5.41, 5.74) is -0.865. The zero-order chi connectivity index (χ0) is 7.45. The van der Waals surface area contributed by atoms with Gasteiger partial charge >= 0.3 is 0 Å². The number of hydrogen-bond donors (Lipinski definition) is 1. The summed E-state index contributed by atoms with van der Waals surface area (Å²) in [6.07, 6.45) is 3.59. The molecule has 1 aliphatic heterocycles. The quantitative estimate of drug-likeness (QED) is 0.639. The molecule has 1 nitrogen and oxygen atoms in total. The van der Waals surface area contributed by atoms with Crippen molar-refractivity contribution in [1.82, 2.24) is 5.32 Å². The van der Waals surface area contributed by atoms with E-state index in [0.29, 0.717) is 13.0 Å². The number of halogens is 1. The summed E-state index contributed by atoms with van der Waals surface area (Å²) < 4.78 is 13.4. The highest BCUT2D eigenvalue weighted by Gasteiger charge is 2.32. The summed E-state index contributed by atoms with van der Waals surface area (Å²) in [7, 11) is 0. The minimum absolute atomic E-state index is 0.576. The summed E-state index contributed by atoms with van der Waals surface area (Å²) in [6, 6.07) is 0. The van der Waals surface area contributed by atoms with Crippen LogP contribution in [-0.4, -0.2) is 18.8 Å². The first-order valence-electron chi connectivity index (χ1n) is 4.16. The number of nitrogens with one attached hydrogen (secondary N) is 1. The molecular weight excluding hydrogens is 129 g/mol. The normalized spacial score (nSPS) is 33.0. The molecule has 60 valence electrons. The highest BCUT2D eigenvalue weighted by Crippen LogP contribution is 2.25. The minimum Gasteiger partial charge on any atom is -0.313 e. The largest absolute Gasteiger partial charge is 0.313 e. The van der Waals surface area contributed by atoms with Crippen LogP contribution in [0, 0.1) is 0 Å². The van der Waals surface area contributed by atoms with Crippen molar-refractivity contribution >= 4 is 0 Å². The van der Waals surface area contributed by atoms with Crippen LogP contribution < -0.4 is 5.32 Å². The van der Waals surface area contributed by atoms with Crippen LogP contribution >= 0.6 is 0 Å². The van der Waals surface area contributed by atoms with Gasteiger partial charge in [0.15, 0.2) is 0 Å². The summed E-state index contributed by atoms with van der Waals surface area (Å²) in [5.74, 6) is 0. The highest BCUT2D eigenvalue weighted by atomic mass is 19.1. The van der Waals surface area contributed by atoms with Gasteiger partial charge in [-0.3, -0.25) is 0 Å². The second-order valence-electron chi connectivity index (χ2n) is 3.18. The van der Waals surface area contributed by atoms with Crippen molar-refractivity contribution in [2.75, 3.05) is 13.1 Å². The Hall–Kier alpha value is -0.110. The van der Waals surface area contributed by atoms with E-state index in [4.69, 9.17) is 0 Å². The zero-order valence-corrected chi connectivity index (χ0v) is 6.62. The Morgan fingerprint density at radius 2 is 2.40 bits per heavy atom. The smallest absolute Gasteiger partial charge is 0.124 e. The first kappa shape index (κ1) is 7.99. The van der Waals surface area contributed by atoms with Crippen molar-refractivity contribution in [3.8, 4) is 0 Å². The van der Waals surface area contributed by atoms with E-state index in [1.165, 1.54) is 0 Å². The van der Waals surface area contributed by atoms with Crippen molar-refractivity contribution in [3.63, 3.8) is 0 Å². The van der Waals surface area contributed by atoms with E-state index in [9.17, 15) is 4.39 Å². The Kier molecular flexibility index (Phi) is 2.66. The lowest BCUT2D eigenvalue weighted by molar-refractivity contribution is 0.172. The van der Waals surface area contributed by atoms with Crippen molar-refractivity contribution in [3.05, 3.63) is 0 Å². The average Bonchev–Trinajstić information content (AvgIpc) is 2.33. The lowest BCUT2D eigenvalue weighted by Gasteiger charge is -2.16. The molecule has 0 aromatic carbocycles. The molecular formula is C8H16FN. The third-order valence-corrected chi connectivity index (χ3v) is 2.17. The summed E-state index contributed by atoms with van der Waals surface area (Å²) in [6.45, 7) is 3.54. The fourth-order valence-corrected chi connectivity index (χ4v) is 1.42. The van der Waals surface area contributed by atoms with Crippen LogP contribution in [0.15, 0.2) is 0 Å². The molecule has 1 unspecified atom stereocenters. The molecule has 0 radical (unpaired) electrons. The molecule has 2 heteroatoms. The van der Waals surface area contributed by atoms with E-state index in [-0.39, 0.29) is 0 Å². The van der Waals surface area contributed by atoms with Gasteiger partial charge in [0, 0.05) is 6.54 Å². The predicted molar refractivity (Wildman–Crippen MR) is 40.9 cm³/mol. The molecule has 1 fully saturated rings. The van der Waals surface area contributed by atoms with Crippen molar-refractivity contribution in [2.45, 2.75) is 38.3 Å². The summed E-state index contributed by atoms with van der Waals surface area (Å²) in [4.78, 5) is 0. The number of rotatable bonds is 3. The second kappa shape index (κ2) is 3.33. The predicted octanol–water partition coefficient (Wildman–Crippen LogP) is 1.88. The van der Waals surface area contributed by atoms with Crippen LogP contribution in [0.25, 0.3) is 0 Å². The highest BCUT2D eigenvalue weighted by molar-refractivity contribution is 4.87. The van der Waals surface area contributed by atoms with Crippen LogP contribution in [0.2, 0.25) is 0 Å². The minimum atomic E-state index is -0.865. The molecule has 1 saturated heterocycles. The Morgan fingerprint density at radius 1 is 1.60 bits per heavy atom. The average molecular weight is 145 g/mol. The van der Waals surface area contributed by atoms with E-state index in [0.717, 1.165) is 25.8 Å². The standard InChI is InChI=1S/C8H16FN/c1-2-3-4-8(9)5-6-10-7-8/h10H,2-7H2,1H3. The number of unbranched alkanes of at least 4 members (excludes halogenated alkanes) is 1. The molecule has 0 saturated carbocycles. The fraction of sp³-hybridized carbons (Fsp3) is 1.00. The van der Waals surface area contributed by atoms with Gasteiger partial charge in [-0.1, -0.05) is 19.8 Å². The van der Waals surface area contributed by atoms with Crippen LogP contribution in [0.4, 0.5) is 4.39 Å². The molecule has 0 aromatic heterocycles. The van der Waals surface area contributed by atoms with Gasteiger partial charge in [-0.25, -0.2) is 4.39 Å². The maximum atomic E-state index is 13.4. The van der Waals surface area contributed by atoms with Gasteiger partial charge < -0.3 is 5.32 Å². The van der Waals surface area contributed by atoms with Crippen LogP contribution in [0.1, 0.15) is 32.6 Å². The second-order valence-corrected chi connectivity index (χ2v) is 3.18. The molecule has 0 amide bonds. The van der Waals surface area contributed by atoms with Crippen LogP contribution in [0.3, 0.4) is 0 Å². The van der Waals surface area contributed by atoms with E-state index in [1.807, 2.05) is 0 Å². The monoisotopic (exact) mass is 145 g/mol. The van der Waals surface area contributed by atoms with E-state index in [2.05, 4.69) is 12.2 Å². The SMILES string of the molecule is CCCCC1(F)CCNC1. The van der Waals surface area contributed by atoms with Gasteiger partial charge in [0.1, 0.15) is 5.67 Å².